The molecule has 1 atom stereocenters. The van der Waals surface area contributed by atoms with Crippen LogP contribution in [0.15, 0.2) is 18.2 Å². The molecule has 1 aromatic heterocycles. The van der Waals surface area contributed by atoms with Crippen molar-refractivity contribution in [3.05, 3.63) is 29.0 Å². The normalized spacial score (nSPS) is 20.3. The molecule has 0 bridgehead atoms. The molecule has 0 aliphatic carbocycles. The monoisotopic (exact) mass is 207 g/mol. The minimum absolute atomic E-state index is 0.220. The molecule has 0 fully saturated rings. The van der Waals surface area contributed by atoms with Crippen molar-refractivity contribution in [1.82, 2.24) is 9.55 Å². The van der Waals surface area contributed by atoms with Crippen LogP contribution in [0.2, 0.25) is 5.02 Å². The second-order valence-electron chi connectivity index (χ2n) is 3.74. The molecule has 0 saturated carbocycles. The van der Waals surface area contributed by atoms with E-state index in [0.29, 0.717) is 0 Å². The second kappa shape index (κ2) is 2.72. The summed E-state index contributed by atoms with van der Waals surface area (Å²) in [6, 6.07) is 6.01. The van der Waals surface area contributed by atoms with E-state index in [9.17, 15) is 0 Å². The number of nitrogens with zero attached hydrogens (tertiary/aromatic N) is 2. The zero-order valence-corrected chi connectivity index (χ0v) is 8.33. The van der Waals surface area contributed by atoms with Crippen LogP contribution in [0.3, 0.4) is 0 Å². The van der Waals surface area contributed by atoms with Crippen molar-refractivity contribution in [2.24, 2.45) is 5.73 Å². The van der Waals surface area contributed by atoms with Gasteiger partial charge in [-0.25, -0.2) is 4.98 Å². The molecule has 1 aliphatic heterocycles. The fraction of sp³-hybridized carbons (Fsp3) is 0.300. The summed E-state index contributed by atoms with van der Waals surface area (Å²) in [5.74, 6) is 1.08. The molecular formula is C10H10ClN3. The van der Waals surface area contributed by atoms with Crippen molar-refractivity contribution < 1.29 is 0 Å². The first-order chi connectivity index (χ1) is 6.74. The molecule has 72 valence electrons. The number of rotatable bonds is 0. The van der Waals surface area contributed by atoms with Gasteiger partial charge in [-0.2, -0.15) is 0 Å². The van der Waals surface area contributed by atoms with Gasteiger partial charge in [-0.15, -0.1) is 0 Å². The minimum Gasteiger partial charge on any atom is -0.326 e. The lowest BCUT2D eigenvalue weighted by Gasteiger charge is -2.01. The van der Waals surface area contributed by atoms with E-state index in [1.54, 1.807) is 0 Å². The van der Waals surface area contributed by atoms with Gasteiger partial charge in [0.25, 0.3) is 0 Å². The molecule has 3 nitrogen and oxygen atoms in total. The summed E-state index contributed by atoms with van der Waals surface area (Å²) in [7, 11) is 0. The topological polar surface area (TPSA) is 43.8 Å². The zero-order chi connectivity index (χ0) is 9.71. The van der Waals surface area contributed by atoms with Gasteiger partial charge in [-0.05, 0) is 18.2 Å². The van der Waals surface area contributed by atoms with Crippen LogP contribution < -0.4 is 5.73 Å². The molecular weight excluding hydrogens is 198 g/mol. The quantitative estimate of drug-likeness (QED) is 0.713. The third-order valence-corrected chi connectivity index (χ3v) is 2.89. The Morgan fingerprint density at radius 2 is 2.36 bits per heavy atom. The Labute approximate surface area is 86.5 Å². The molecule has 2 aromatic rings. The lowest BCUT2D eigenvalue weighted by molar-refractivity contribution is 0.652. The second-order valence-corrected chi connectivity index (χ2v) is 4.17. The number of fused-ring (bicyclic) bond motifs is 3. The summed E-state index contributed by atoms with van der Waals surface area (Å²) in [6.45, 7) is 0.869. The highest BCUT2D eigenvalue weighted by atomic mass is 35.5. The van der Waals surface area contributed by atoms with Crippen LogP contribution in [0, 0.1) is 0 Å². The maximum atomic E-state index is 5.90. The van der Waals surface area contributed by atoms with E-state index < -0.39 is 0 Å². The summed E-state index contributed by atoms with van der Waals surface area (Å²) in [6.07, 6.45) is 0.867. The third-order valence-electron chi connectivity index (χ3n) is 2.65. The zero-order valence-electron chi connectivity index (χ0n) is 7.57. The summed E-state index contributed by atoms with van der Waals surface area (Å²) in [5, 5.41) is 0.735. The first-order valence-corrected chi connectivity index (χ1v) is 5.02. The van der Waals surface area contributed by atoms with Gasteiger partial charge in [-0.1, -0.05) is 11.6 Å². The molecule has 0 saturated heterocycles. The van der Waals surface area contributed by atoms with E-state index in [2.05, 4.69) is 9.55 Å². The Kier molecular flexibility index (Phi) is 1.60. The van der Waals surface area contributed by atoms with E-state index in [1.807, 2.05) is 18.2 Å². The summed E-state index contributed by atoms with van der Waals surface area (Å²) >= 11 is 5.90. The van der Waals surface area contributed by atoms with Gasteiger partial charge in [0.1, 0.15) is 5.82 Å². The molecule has 2 heterocycles. The number of benzene rings is 1. The van der Waals surface area contributed by atoms with Crippen LogP contribution in [0.25, 0.3) is 11.0 Å². The number of nitrogens with two attached hydrogens (primary N) is 1. The van der Waals surface area contributed by atoms with E-state index in [4.69, 9.17) is 17.3 Å². The highest BCUT2D eigenvalue weighted by molar-refractivity contribution is 6.31. The van der Waals surface area contributed by atoms with Gasteiger partial charge < -0.3 is 10.3 Å². The van der Waals surface area contributed by atoms with Gasteiger partial charge in [0.15, 0.2) is 0 Å². The maximum absolute atomic E-state index is 5.90. The van der Waals surface area contributed by atoms with E-state index in [0.717, 1.165) is 34.8 Å². The molecule has 2 N–H and O–H groups in total. The Bertz CT molecular complexity index is 503. The average Bonchev–Trinajstić information content (AvgIpc) is 2.59. The Morgan fingerprint density at radius 3 is 3.21 bits per heavy atom. The predicted octanol–water partition coefficient (Wildman–Crippen LogP) is 1.57. The molecule has 0 amide bonds. The average molecular weight is 208 g/mol. The molecule has 3 rings (SSSR count). The predicted molar refractivity (Wildman–Crippen MR) is 56.4 cm³/mol. The first-order valence-electron chi connectivity index (χ1n) is 4.64. The van der Waals surface area contributed by atoms with E-state index in [-0.39, 0.29) is 6.04 Å². The molecule has 0 spiro atoms. The summed E-state index contributed by atoms with van der Waals surface area (Å²) in [5.41, 5.74) is 7.97. The van der Waals surface area contributed by atoms with Crippen LogP contribution >= 0.6 is 11.6 Å². The van der Waals surface area contributed by atoms with Gasteiger partial charge in [0.05, 0.1) is 11.0 Å². The number of halogens is 1. The fourth-order valence-electron chi connectivity index (χ4n) is 2.05. The SMILES string of the molecule is NC1Cc2nc3cc(Cl)ccc3n2C1. The lowest BCUT2D eigenvalue weighted by Crippen LogP contribution is -2.20. The van der Waals surface area contributed by atoms with Crippen molar-refractivity contribution in [1.29, 1.82) is 0 Å². The Morgan fingerprint density at radius 1 is 1.50 bits per heavy atom. The fourth-order valence-corrected chi connectivity index (χ4v) is 2.21. The van der Waals surface area contributed by atoms with Crippen molar-refractivity contribution in [3.8, 4) is 0 Å². The first kappa shape index (κ1) is 8.26. The largest absolute Gasteiger partial charge is 0.326 e. The Balaban J connectivity index is 2.28. The van der Waals surface area contributed by atoms with E-state index in [1.165, 1.54) is 0 Å². The van der Waals surface area contributed by atoms with Crippen molar-refractivity contribution >= 4 is 22.6 Å². The van der Waals surface area contributed by atoms with Gasteiger partial charge in [0, 0.05) is 24.0 Å². The highest BCUT2D eigenvalue weighted by Crippen LogP contribution is 2.24. The number of hydrogen-bond acceptors (Lipinski definition) is 2. The molecule has 1 unspecified atom stereocenters. The molecule has 1 aromatic carbocycles. The van der Waals surface area contributed by atoms with E-state index >= 15 is 0 Å². The van der Waals surface area contributed by atoms with Crippen LogP contribution in [0.4, 0.5) is 0 Å². The van der Waals surface area contributed by atoms with Crippen LogP contribution in [-0.2, 0) is 13.0 Å². The van der Waals surface area contributed by atoms with Gasteiger partial charge in [-0.3, -0.25) is 0 Å². The number of hydrogen-bond donors (Lipinski definition) is 1. The van der Waals surface area contributed by atoms with Crippen molar-refractivity contribution in [2.75, 3.05) is 0 Å². The maximum Gasteiger partial charge on any atom is 0.111 e. The van der Waals surface area contributed by atoms with Crippen molar-refractivity contribution in [2.45, 2.75) is 19.0 Å². The smallest absolute Gasteiger partial charge is 0.111 e. The third kappa shape index (κ3) is 1.06. The minimum atomic E-state index is 0.220. The van der Waals surface area contributed by atoms with Crippen LogP contribution in [0.1, 0.15) is 5.82 Å². The molecule has 4 heteroatoms. The molecule has 1 aliphatic rings. The summed E-state index contributed by atoms with van der Waals surface area (Å²) < 4.78 is 2.18. The van der Waals surface area contributed by atoms with Crippen LogP contribution in [-0.4, -0.2) is 15.6 Å². The number of imidazole rings is 1. The van der Waals surface area contributed by atoms with Gasteiger partial charge in [0.2, 0.25) is 0 Å². The molecule has 0 radical (unpaired) electrons. The Hall–Kier alpha value is -1.06. The van der Waals surface area contributed by atoms with Crippen LogP contribution in [0.5, 0.6) is 0 Å². The van der Waals surface area contributed by atoms with Crippen molar-refractivity contribution in [3.63, 3.8) is 0 Å². The standard InChI is InChI=1S/C10H10ClN3/c11-6-1-2-9-8(3-6)13-10-4-7(12)5-14(9)10/h1-3,7H,4-5,12H2. The number of aromatic nitrogens is 2. The van der Waals surface area contributed by atoms with Gasteiger partial charge >= 0.3 is 0 Å². The summed E-state index contributed by atoms with van der Waals surface area (Å²) in [4.78, 5) is 4.50. The highest BCUT2D eigenvalue weighted by Gasteiger charge is 2.21. The lowest BCUT2D eigenvalue weighted by atomic mass is 10.2. The molecule has 14 heavy (non-hydrogen) atoms.